The predicted molar refractivity (Wildman–Crippen MR) is 67.6 cm³/mol. The van der Waals surface area contributed by atoms with Crippen LogP contribution in [0.1, 0.15) is 64.2 Å². The van der Waals surface area contributed by atoms with Crippen molar-refractivity contribution in [2.75, 3.05) is 0 Å². The Hall–Kier alpha value is -0.700. The van der Waals surface area contributed by atoms with Gasteiger partial charge < -0.3 is 0 Å². The second kappa shape index (κ2) is 8.60. The Kier molecular flexibility index (Phi) is 7.09. The summed E-state index contributed by atoms with van der Waals surface area (Å²) < 4.78 is 0. The minimum atomic E-state index is 0.450. The first-order valence-electron chi connectivity index (χ1n) is 6.54. The van der Waals surface area contributed by atoms with Crippen LogP contribution in [0, 0.1) is 17.8 Å². The SMILES string of the molecule is C=CC1C#CCCCCCCCCCC1. The Morgan fingerprint density at radius 1 is 0.867 bits per heavy atom. The zero-order chi connectivity index (χ0) is 10.8. The first-order chi connectivity index (χ1) is 7.43. The van der Waals surface area contributed by atoms with Crippen molar-refractivity contribution >= 4 is 0 Å². The van der Waals surface area contributed by atoms with Crippen LogP contribution in [-0.4, -0.2) is 0 Å². The van der Waals surface area contributed by atoms with E-state index in [4.69, 9.17) is 0 Å². The Bertz CT molecular complexity index is 216. The number of allylic oxidation sites excluding steroid dienone is 1. The molecule has 0 aromatic heterocycles. The number of hydrogen-bond acceptors (Lipinski definition) is 0. The standard InChI is InChI=1S/C15H24/c1-2-15-13-11-9-7-5-3-4-6-8-10-12-14-15/h2,15H,1,3-11,13H2. The maximum absolute atomic E-state index is 3.87. The molecule has 0 radical (unpaired) electrons. The van der Waals surface area contributed by atoms with Gasteiger partial charge in [0, 0.05) is 12.3 Å². The summed E-state index contributed by atoms with van der Waals surface area (Å²) in [7, 11) is 0. The first kappa shape index (κ1) is 12.4. The molecule has 0 spiro atoms. The van der Waals surface area contributed by atoms with E-state index in [-0.39, 0.29) is 0 Å². The van der Waals surface area contributed by atoms with Gasteiger partial charge in [0.1, 0.15) is 0 Å². The van der Waals surface area contributed by atoms with Crippen LogP contribution >= 0.6 is 0 Å². The van der Waals surface area contributed by atoms with Crippen molar-refractivity contribution in [2.24, 2.45) is 5.92 Å². The van der Waals surface area contributed by atoms with Crippen LogP contribution in [0.5, 0.6) is 0 Å². The average Bonchev–Trinajstić information content (AvgIpc) is 2.29. The molecule has 0 aromatic carbocycles. The van der Waals surface area contributed by atoms with Crippen LogP contribution in [0.2, 0.25) is 0 Å². The quantitative estimate of drug-likeness (QED) is 0.429. The lowest BCUT2D eigenvalue weighted by molar-refractivity contribution is 0.551. The molecule has 0 saturated carbocycles. The van der Waals surface area contributed by atoms with Gasteiger partial charge in [-0.3, -0.25) is 0 Å². The van der Waals surface area contributed by atoms with Crippen LogP contribution in [0.25, 0.3) is 0 Å². The third-order valence-corrected chi connectivity index (χ3v) is 3.14. The Morgan fingerprint density at radius 3 is 2.13 bits per heavy atom. The molecule has 1 rings (SSSR count). The third-order valence-electron chi connectivity index (χ3n) is 3.14. The van der Waals surface area contributed by atoms with Crippen LogP contribution < -0.4 is 0 Å². The second-order valence-electron chi connectivity index (χ2n) is 4.53. The molecule has 0 N–H and O–H groups in total. The summed E-state index contributed by atoms with van der Waals surface area (Å²) in [4.78, 5) is 0. The van der Waals surface area contributed by atoms with Gasteiger partial charge in [-0.1, -0.05) is 56.9 Å². The normalized spacial score (nSPS) is 24.9. The lowest BCUT2D eigenvalue weighted by atomic mass is 10.0. The van der Waals surface area contributed by atoms with E-state index in [1.165, 1.54) is 57.8 Å². The van der Waals surface area contributed by atoms with Crippen LogP contribution in [0.4, 0.5) is 0 Å². The van der Waals surface area contributed by atoms with Gasteiger partial charge in [0.05, 0.1) is 0 Å². The van der Waals surface area contributed by atoms with E-state index in [0.29, 0.717) is 5.92 Å². The fourth-order valence-corrected chi connectivity index (χ4v) is 2.09. The molecule has 0 heterocycles. The van der Waals surface area contributed by atoms with Crippen molar-refractivity contribution in [3.8, 4) is 11.8 Å². The Balaban J connectivity index is 2.33. The smallest absolute Gasteiger partial charge is 0.0380 e. The lowest BCUT2D eigenvalue weighted by Crippen LogP contribution is -1.92. The molecule has 0 bridgehead atoms. The van der Waals surface area contributed by atoms with Crippen molar-refractivity contribution in [1.29, 1.82) is 0 Å². The van der Waals surface area contributed by atoms with E-state index in [2.05, 4.69) is 18.4 Å². The maximum Gasteiger partial charge on any atom is 0.0380 e. The van der Waals surface area contributed by atoms with Gasteiger partial charge in [0.15, 0.2) is 0 Å². The minimum absolute atomic E-state index is 0.450. The predicted octanol–water partition coefficient (Wildman–Crippen LogP) is 4.71. The molecule has 84 valence electrons. The van der Waals surface area contributed by atoms with Crippen molar-refractivity contribution in [1.82, 2.24) is 0 Å². The summed E-state index contributed by atoms with van der Waals surface area (Å²) in [5.41, 5.74) is 0. The molecule has 0 fully saturated rings. The highest BCUT2D eigenvalue weighted by atomic mass is 14.0. The van der Waals surface area contributed by atoms with Crippen molar-refractivity contribution in [2.45, 2.75) is 64.2 Å². The highest BCUT2D eigenvalue weighted by Crippen LogP contribution is 2.14. The lowest BCUT2D eigenvalue weighted by Gasteiger charge is -2.04. The molecule has 0 amide bonds. The molecule has 0 aliphatic heterocycles. The monoisotopic (exact) mass is 204 g/mol. The van der Waals surface area contributed by atoms with Crippen LogP contribution in [0.15, 0.2) is 12.7 Å². The highest BCUT2D eigenvalue weighted by molar-refractivity contribution is 5.09. The molecule has 15 heavy (non-hydrogen) atoms. The van der Waals surface area contributed by atoms with E-state index in [9.17, 15) is 0 Å². The van der Waals surface area contributed by atoms with Crippen LogP contribution in [0.3, 0.4) is 0 Å². The molecule has 1 aliphatic rings. The first-order valence-corrected chi connectivity index (χ1v) is 6.54. The van der Waals surface area contributed by atoms with E-state index < -0.39 is 0 Å². The molecule has 1 unspecified atom stereocenters. The third kappa shape index (κ3) is 6.39. The van der Waals surface area contributed by atoms with Crippen LogP contribution in [-0.2, 0) is 0 Å². The highest BCUT2D eigenvalue weighted by Gasteiger charge is 2.00. The maximum atomic E-state index is 3.87. The van der Waals surface area contributed by atoms with Crippen molar-refractivity contribution in [3.63, 3.8) is 0 Å². The molecule has 0 saturated heterocycles. The topological polar surface area (TPSA) is 0 Å². The van der Waals surface area contributed by atoms with Crippen molar-refractivity contribution < 1.29 is 0 Å². The summed E-state index contributed by atoms with van der Waals surface area (Å²) in [6, 6.07) is 0. The van der Waals surface area contributed by atoms with Gasteiger partial charge in [-0.2, -0.15) is 0 Å². The van der Waals surface area contributed by atoms with Gasteiger partial charge in [0.2, 0.25) is 0 Å². The molecular weight excluding hydrogens is 180 g/mol. The van der Waals surface area contributed by atoms with E-state index in [1.807, 2.05) is 6.08 Å². The second-order valence-corrected chi connectivity index (χ2v) is 4.53. The Labute approximate surface area is 95.2 Å². The summed E-state index contributed by atoms with van der Waals surface area (Å²) >= 11 is 0. The van der Waals surface area contributed by atoms with Gasteiger partial charge in [-0.25, -0.2) is 0 Å². The van der Waals surface area contributed by atoms with E-state index in [1.54, 1.807) is 0 Å². The van der Waals surface area contributed by atoms with E-state index in [0.717, 1.165) is 6.42 Å². The summed E-state index contributed by atoms with van der Waals surface area (Å²) in [6.45, 7) is 3.87. The summed E-state index contributed by atoms with van der Waals surface area (Å²) in [5, 5.41) is 0. The minimum Gasteiger partial charge on any atom is -0.103 e. The largest absolute Gasteiger partial charge is 0.103 e. The van der Waals surface area contributed by atoms with Crippen molar-refractivity contribution in [3.05, 3.63) is 12.7 Å². The number of rotatable bonds is 1. The fourth-order valence-electron chi connectivity index (χ4n) is 2.09. The summed E-state index contributed by atoms with van der Waals surface area (Å²) in [6.07, 6.45) is 15.4. The number of hydrogen-bond donors (Lipinski definition) is 0. The summed E-state index contributed by atoms with van der Waals surface area (Å²) in [5.74, 6) is 7.09. The average molecular weight is 204 g/mol. The van der Waals surface area contributed by atoms with Gasteiger partial charge in [-0.05, 0) is 12.8 Å². The molecule has 0 aromatic rings. The van der Waals surface area contributed by atoms with Gasteiger partial charge in [-0.15, -0.1) is 12.5 Å². The zero-order valence-electron chi connectivity index (χ0n) is 9.93. The van der Waals surface area contributed by atoms with Gasteiger partial charge >= 0.3 is 0 Å². The molecule has 1 atom stereocenters. The van der Waals surface area contributed by atoms with E-state index >= 15 is 0 Å². The zero-order valence-corrected chi connectivity index (χ0v) is 9.93. The molecule has 1 aliphatic carbocycles. The Morgan fingerprint density at radius 2 is 1.47 bits per heavy atom. The molecular formula is C15H24. The molecule has 0 heteroatoms. The molecule has 0 nitrogen and oxygen atoms in total. The fraction of sp³-hybridized carbons (Fsp3) is 0.733. The van der Waals surface area contributed by atoms with Gasteiger partial charge in [0.25, 0.3) is 0 Å².